The fraction of sp³-hybridized carbons (Fsp3) is 0.348. The van der Waals surface area contributed by atoms with E-state index in [9.17, 15) is 4.79 Å². The third-order valence-electron chi connectivity index (χ3n) is 5.63. The molecule has 1 atom stereocenters. The van der Waals surface area contributed by atoms with E-state index in [1.54, 1.807) is 0 Å². The summed E-state index contributed by atoms with van der Waals surface area (Å²) in [5.74, 6) is 0.654. The first-order valence-corrected chi connectivity index (χ1v) is 10.8. The maximum Gasteiger partial charge on any atom is 0.272 e. The van der Waals surface area contributed by atoms with Crippen molar-refractivity contribution in [3.8, 4) is 0 Å². The molecule has 0 bridgehead atoms. The fourth-order valence-corrected chi connectivity index (χ4v) is 3.92. The zero-order valence-electron chi connectivity index (χ0n) is 17.3. The maximum atomic E-state index is 12.7. The zero-order chi connectivity index (χ0) is 21.1. The Morgan fingerprint density at radius 2 is 1.73 bits per heavy atom. The topological polar surface area (TPSA) is 61.4 Å². The molecule has 0 radical (unpaired) electrons. The van der Waals surface area contributed by atoms with Gasteiger partial charge in [0, 0.05) is 53.7 Å². The van der Waals surface area contributed by atoms with Gasteiger partial charge in [0.2, 0.25) is 0 Å². The van der Waals surface area contributed by atoms with Crippen LogP contribution in [-0.2, 0) is 0 Å². The number of carbonyl (C=O) groups excluding carboxylic acids is 1. The molecule has 156 valence electrons. The van der Waals surface area contributed by atoms with Crippen LogP contribution in [0.3, 0.4) is 0 Å². The monoisotopic (exact) mass is 423 g/mol. The predicted octanol–water partition coefficient (Wildman–Crippen LogP) is 4.14. The van der Waals surface area contributed by atoms with Gasteiger partial charge in [-0.2, -0.15) is 0 Å². The number of anilines is 2. The lowest BCUT2D eigenvalue weighted by atomic mass is 10.1. The first-order valence-electron chi connectivity index (χ1n) is 10.4. The number of rotatable bonds is 5. The number of hydrogen-bond acceptors (Lipinski definition) is 5. The first-order chi connectivity index (χ1) is 14.6. The Morgan fingerprint density at radius 3 is 2.43 bits per heavy atom. The van der Waals surface area contributed by atoms with Crippen molar-refractivity contribution in [1.82, 2.24) is 15.5 Å². The summed E-state index contributed by atoms with van der Waals surface area (Å²) in [6.45, 7) is 7.41. The average Bonchev–Trinajstić information content (AvgIpc) is 2.78. The van der Waals surface area contributed by atoms with Crippen molar-refractivity contribution in [2.75, 3.05) is 36.0 Å². The highest BCUT2D eigenvalue weighted by Crippen LogP contribution is 2.28. The summed E-state index contributed by atoms with van der Waals surface area (Å²) in [4.78, 5) is 17.3. The maximum absolute atomic E-state index is 12.7. The summed E-state index contributed by atoms with van der Waals surface area (Å²) < 4.78 is 0. The highest BCUT2D eigenvalue weighted by atomic mass is 35.5. The Labute approximate surface area is 181 Å². The van der Waals surface area contributed by atoms with E-state index in [-0.39, 0.29) is 11.9 Å². The molecule has 7 heteroatoms. The van der Waals surface area contributed by atoms with Crippen molar-refractivity contribution in [2.45, 2.75) is 26.3 Å². The number of carbonyl (C=O) groups is 1. The van der Waals surface area contributed by atoms with Gasteiger partial charge in [-0.1, -0.05) is 48.9 Å². The fourth-order valence-electron chi connectivity index (χ4n) is 3.73. The van der Waals surface area contributed by atoms with Crippen molar-refractivity contribution < 1.29 is 4.79 Å². The van der Waals surface area contributed by atoms with Crippen LogP contribution >= 0.6 is 11.6 Å². The van der Waals surface area contributed by atoms with Gasteiger partial charge in [-0.15, -0.1) is 10.2 Å². The molecule has 1 amide bonds. The number of aromatic nitrogens is 2. The minimum atomic E-state index is -0.176. The number of hydrogen-bond donors (Lipinski definition) is 1. The molecule has 30 heavy (non-hydrogen) atoms. The van der Waals surface area contributed by atoms with Gasteiger partial charge in [-0.25, -0.2) is 0 Å². The van der Waals surface area contributed by atoms with Crippen LogP contribution in [0, 0.1) is 0 Å². The molecule has 0 spiro atoms. The van der Waals surface area contributed by atoms with Gasteiger partial charge in [-0.3, -0.25) is 4.79 Å². The van der Waals surface area contributed by atoms with E-state index < -0.39 is 0 Å². The zero-order valence-corrected chi connectivity index (χ0v) is 18.1. The first kappa shape index (κ1) is 20.4. The molecule has 3 aromatic rings. The smallest absolute Gasteiger partial charge is 0.272 e. The molecular formula is C23H26ClN5O. The second kappa shape index (κ2) is 8.88. The van der Waals surface area contributed by atoms with Crippen LogP contribution in [-0.4, -0.2) is 48.3 Å². The van der Waals surface area contributed by atoms with E-state index in [4.69, 9.17) is 11.6 Å². The van der Waals surface area contributed by atoms with Gasteiger partial charge < -0.3 is 15.1 Å². The Hall–Kier alpha value is -2.86. The van der Waals surface area contributed by atoms with Crippen LogP contribution in [0.4, 0.5) is 11.5 Å². The predicted molar refractivity (Wildman–Crippen MR) is 123 cm³/mol. The number of benzene rings is 2. The molecule has 1 unspecified atom stereocenters. The van der Waals surface area contributed by atoms with E-state index in [0.717, 1.165) is 59.9 Å². The summed E-state index contributed by atoms with van der Waals surface area (Å²) in [5.41, 5.74) is 1.52. The van der Waals surface area contributed by atoms with E-state index >= 15 is 0 Å². The molecule has 1 saturated heterocycles. The summed E-state index contributed by atoms with van der Waals surface area (Å²) in [6, 6.07) is 15.9. The molecule has 1 aromatic heterocycles. The standard InChI is InChI=1S/C23H26ClN5O/c1-3-16(2)25-23(30)21-19-9-4-5-10-20(19)22(27-26-21)29-13-11-28(12-14-29)18-8-6-7-17(24)15-18/h4-10,15-16H,3,11-14H2,1-2H3,(H,25,30). The minimum Gasteiger partial charge on any atom is -0.368 e. The van der Waals surface area contributed by atoms with Crippen molar-refractivity contribution in [2.24, 2.45) is 0 Å². The van der Waals surface area contributed by atoms with Crippen LogP contribution in [0.2, 0.25) is 5.02 Å². The molecule has 2 aromatic carbocycles. The summed E-state index contributed by atoms with van der Waals surface area (Å²) in [5, 5.41) is 14.3. The second-order valence-electron chi connectivity index (χ2n) is 7.65. The van der Waals surface area contributed by atoms with Gasteiger partial charge in [0.1, 0.15) is 0 Å². The van der Waals surface area contributed by atoms with E-state index in [1.807, 2.05) is 56.3 Å². The number of fused-ring (bicyclic) bond motifs is 1. The van der Waals surface area contributed by atoms with Gasteiger partial charge in [0.15, 0.2) is 11.5 Å². The van der Waals surface area contributed by atoms with Gasteiger partial charge in [0.05, 0.1) is 0 Å². The molecule has 0 saturated carbocycles. The molecule has 6 nitrogen and oxygen atoms in total. The number of nitrogens with one attached hydrogen (secondary N) is 1. The molecule has 1 fully saturated rings. The van der Waals surface area contributed by atoms with Crippen LogP contribution < -0.4 is 15.1 Å². The average molecular weight is 424 g/mol. The quantitative estimate of drug-likeness (QED) is 0.668. The van der Waals surface area contributed by atoms with Gasteiger partial charge in [0.25, 0.3) is 5.91 Å². The summed E-state index contributed by atoms with van der Waals surface area (Å²) in [6.07, 6.45) is 0.867. The number of piperazine rings is 1. The van der Waals surface area contributed by atoms with Gasteiger partial charge in [-0.05, 0) is 31.5 Å². The molecule has 1 aliphatic rings. The third-order valence-corrected chi connectivity index (χ3v) is 5.86. The second-order valence-corrected chi connectivity index (χ2v) is 8.09. The van der Waals surface area contributed by atoms with E-state index in [1.165, 1.54) is 0 Å². The van der Waals surface area contributed by atoms with Crippen LogP contribution in [0.5, 0.6) is 0 Å². The molecule has 1 aliphatic heterocycles. The Balaban J connectivity index is 1.57. The van der Waals surface area contributed by atoms with E-state index in [2.05, 4.69) is 31.4 Å². The van der Waals surface area contributed by atoms with Crippen LogP contribution in [0.1, 0.15) is 30.8 Å². The largest absolute Gasteiger partial charge is 0.368 e. The van der Waals surface area contributed by atoms with Crippen molar-refractivity contribution in [1.29, 1.82) is 0 Å². The third kappa shape index (κ3) is 4.19. The minimum absolute atomic E-state index is 0.0947. The van der Waals surface area contributed by atoms with Crippen molar-refractivity contribution >= 4 is 39.8 Å². The molecule has 1 N–H and O–H groups in total. The summed E-state index contributed by atoms with van der Waals surface area (Å²) in [7, 11) is 0. The number of amides is 1. The van der Waals surface area contributed by atoms with Crippen molar-refractivity contribution in [3.63, 3.8) is 0 Å². The molecule has 0 aliphatic carbocycles. The lowest BCUT2D eigenvalue weighted by Gasteiger charge is -2.37. The van der Waals surface area contributed by atoms with Crippen LogP contribution in [0.15, 0.2) is 48.5 Å². The lowest BCUT2D eigenvalue weighted by molar-refractivity contribution is 0.0935. The number of halogens is 1. The highest BCUT2D eigenvalue weighted by molar-refractivity contribution is 6.30. The molecular weight excluding hydrogens is 398 g/mol. The Kier molecular flexibility index (Phi) is 6.04. The Morgan fingerprint density at radius 1 is 1.03 bits per heavy atom. The van der Waals surface area contributed by atoms with Crippen molar-refractivity contribution in [3.05, 3.63) is 59.2 Å². The molecule has 2 heterocycles. The van der Waals surface area contributed by atoms with E-state index in [0.29, 0.717) is 5.69 Å². The molecule has 4 rings (SSSR count). The van der Waals surface area contributed by atoms with Gasteiger partial charge >= 0.3 is 0 Å². The summed E-state index contributed by atoms with van der Waals surface area (Å²) >= 11 is 6.15. The SMILES string of the molecule is CCC(C)NC(=O)c1nnc(N2CCN(c3cccc(Cl)c3)CC2)c2ccccc12. The van der Waals surface area contributed by atoms with Crippen LogP contribution in [0.25, 0.3) is 10.8 Å². The normalized spacial score (nSPS) is 15.3. The lowest BCUT2D eigenvalue weighted by Crippen LogP contribution is -2.47. The number of nitrogens with zero attached hydrogens (tertiary/aromatic N) is 4. The highest BCUT2D eigenvalue weighted by Gasteiger charge is 2.23. The Bertz CT molecular complexity index is 1050.